The van der Waals surface area contributed by atoms with E-state index in [1.165, 1.54) is 6.08 Å². The van der Waals surface area contributed by atoms with E-state index in [1.807, 2.05) is 13.8 Å². The van der Waals surface area contributed by atoms with Gasteiger partial charge in [-0.2, -0.15) is 4.99 Å². The van der Waals surface area contributed by atoms with Crippen molar-refractivity contribution in [2.75, 3.05) is 0 Å². The minimum atomic E-state index is 0.216. The fourth-order valence-corrected chi connectivity index (χ4v) is 1.31. The Bertz CT molecular complexity index is 391. The number of hydrogen-bond donors (Lipinski definition) is 1. The fraction of sp³-hybridized carbons (Fsp3) is 0.364. The van der Waals surface area contributed by atoms with E-state index in [-0.39, 0.29) is 11.7 Å². The summed E-state index contributed by atoms with van der Waals surface area (Å²) in [5.74, 6) is 0.451. The lowest BCUT2D eigenvalue weighted by molar-refractivity contribution is 0.470. The molecule has 1 aromatic rings. The molecule has 0 aliphatic carbocycles. The summed E-state index contributed by atoms with van der Waals surface area (Å²) in [5, 5.41) is 9.50. The first kappa shape index (κ1) is 10.5. The molecule has 74 valence electrons. The van der Waals surface area contributed by atoms with Gasteiger partial charge >= 0.3 is 0 Å². The molecule has 0 bridgehead atoms. The van der Waals surface area contributed by atoms with Crippen LogP contribution in [-0.2, 0) is 4.79 Å². The van der Waals surface area contributed by atoms with Gasteiger partial charge in [0, 0.05) is 0 Å². The van der Waals surface area contributed by atoms with E-state index in [0.29, 0.717) is 11.3 Å². The number of benzene rings is 1. The summed E-state index contributed by atoms with van der Waals surface area (Å²) >= 11 is 0. The molecule has 0 aliphatic heterocycles. The molecular weight excluding hydrogens is 178 g/mol. The van der Waals surface area contributed by atoms with Crippen molar-refractivity contribution >= 4 is 11.8 Å². The van der Waals surface area contributed by atoms with Crippen molar-refractivity contribution in [2.45, 2.75) is 26.7 Å². The number of phenolic OH excluding ortho intramolecular Hbond substituents is 1. The van der Waals surface area contributed by atoms with E-state index in [1.54, 1.807) is 19.1 Å². The minimum absolute atomic E-state index is 0.216. The van der Waals surface area contributed by atoms with Crippen molar-refractivity contribution in [1.29, 1.82) is 0 Å². The number of isocyanates is 1. The highest BCUT2D eigenvalue weighted by atomic mass is 16.3. The predicted molar refractivity (Wildman–Crippen MR) is 54.7 cm³/mol. The van der Waals surface area contributed by atoms with E-state index >= 15 is 0 Å². The zero-order valence-electron chi connectivity index (χ0n) is 8.53. The number of aliphatic imine (C=N–C) groups is 1. The summed E-state index contributed by atoms with van der Waals surface area (Å²) in [4.78, 5) is 13.8. The van der Waals surface area contributed by atoms with Crippen LogP contribution < -0.4 is 0 Å². The molecule has 1 aromatic carbocycles. The van der Waals surface area contributed by atoms with Crippen LogP contribution >= 0.6 is 0 Å². The maximum atomic E-state index is 10.2. The van der Waals surface area contributed by atoms with E-state index < -0.39 is 0 Å². The molecule has 0 saturated heterocycles. The van der Waals surface area contributed by atoms with Gasteiger partial charge in [-0.3, -0.25) is 0 Å². The first-order chi connectivity index (χ1) is 6.56. The quantitative estimate of drug-likeness (QED) is 0.577. The van der Waals surface area contributed by atoms with Crippen molar-refractivity contribution in [3.8, 4) is 5.75 Å². The van der Waals surface area contributed by atoms with Gasteiger partial charge in [0.2, 0.25) is 6.08 Å². The second-order valence-corrected chi connectivity index (χ2v) is 3.56. The molecule has 0 aromatic heterocycles. The number of hydrogen-bond acceptors (Lipinski definition) is 3. The second-order valence-electron chi connectivity index (χ2n) is 3.56. The van der Waals surface area contributed by atoms with Crippen LogP contribution in [0.15, 0.2) is 17.1 Å². The molecule has 0 amide bonds. The molecule has 0 unspecified atom stereocenters. The zero-order chi connectivity index (χ0) is 10.7. The molecule has 3 nitrogen and oxygen atoms in total. The number of nitrogens with zero attached hydrogens (tertiary/aromatic N) is 1. The van der Waals surface area contributed by atoms with E-state index in [0.717, 1.165) is 5.56 Å². The largest absolute Gasteiger partial charge is 0.508 e. The van der Waals surface area contributed by atoms with Crippen LogP contribution in [0.3, 0.4) is 0 Å². The molecular formula is C11H13NO2. The molecule has 0 heterocycles. The van der Waals surface area contributed by atoms with Crippen LogP contribution in [0.5, 0.6) is 5.75 Å². The first-order valence-electron chi connectivity index (χ1n) is 4.47. The van der Waals surface area contributed by atoms with Gasteiger partial charge in [0.05, 0.1) is 5.69 Å². The van der Waals surface area contributed by atoms with Gasteiger partial charge in [0.25, 0.3) is 0 Å². The van der Waals surface area contributed by atoms with Crippen molar-refractivity contribution < 1.29 is 9.90 Å². The summed E-state index contributed by atoms with van der Waals surface area (Å²) in [7, 11) is 0. The standard InChI is InChI=1S/C11H13NO2/c1-7(2)9-5-11(14)8(3)4-10(9)12-6-13/h4-5,7,14H,1-3H3. The van der Waals surface area contributed by atoms with E-state index in [4.69, 9.17) is 0 Å². The number of carbonyl (C=O) groups excluding carboxylic acids is 1. The second kappa shape index (κ2) is 4.07. The molecule has 0 aliphatic rings. The fourth-order valence-electron chi connectivity index (χ4n) is 1.31. The highest BCUT2D eigenvalue weighted by Crippen LogP contribution is 2.32. The summed E-state index contributed by atoms with van der Waals surface area (Å²) < 4.78 is 0. The van der Waals surface area contributed by atoms with Crippen LogP contribution in [0, 0.1) is 6.92 Å². The normalized spacial score (nSPS) is 10.0. The van der Waals surface area contributed by atoms with Crippen molar-refractivity contribution in [3.63, 3.8) is 0 Å². The molecule has 0 radical (unpaired) electrons. The van der Waals surface area contributed by atoms with Gasteiger partial charge in [0.1, 0.15) is 5.75 Å². The lowest BCUT2D eigenvalue weighted by Gasteiger charge is -2.10. The Morgan fingerprint density at radius 3 is 2.57 bits per heavy atom. The Kier molecular flexibility index (Phi) is 3.05. The number of aryl methyl sites for hydroxylation is 1. The summed E-state index contributed by atoms with van der Waals surface area (Å²) in [6.45, 7) is 5.73. The van der Waals surface area contributed by atoms with Crippen molar-refractivity contribution in [1.82, 2.24) is 0 Å². The molecule has 0 fully saturated rings. The van der Waals surface area contributed by atoms with Gasteiger partial charge in [-0.1, -0.05) is 13.8 Å². The number of aromatic hydroxyl groups is 1. The zero-order valence-corrected chi connectivity index (χ0v) is 8.53. The van der Waals surface area contributed by atoms with E-state index in [9.17, 15) is 9.90 Å². The van der Waals surface area contributed by atoms with Gasteiger partial charge in [0.15, 0.2) is 0 Å². The van der Waals surface area contributed by atoms with Gasteiger partial charge in [-0.25, -0.2) is 4.79 Å². The minimum Gasteiger partial charge on any atom is -0.508 e. The average molecular weight is 191 g/mol. The Labute approximate surface area is 83.1 Å². The van der Waals surface area contributed by atoms with Crippen LogP contribution in [0.25, 0.3) is 0 Å². The Hall–Kier alpha value is -1.60. The maximum absolute atomic E-state index is 10.2. The van der Waals surface area contributed by atoms with Crippen LogP contribution in [0.4, 0.5) is 5.69 Å². The molecule has 3 heteroatoms. The summed E-state index contributed by atoms with van der Waals surface area (Å²) in [6.07, 6.45) is 1.52. The number of rotatable bonds is 2. The molecule has 0 saturated carbocycles. The van der Waals surface area contributed by atoms with Crippen LogP contribution in [-0.4, -0.2) is 11.2 Å². The van der Waals surface area contributed by atoms with Crippen LogP contribution in [0.1, 0.15) is 30.9 Å². The average Bonchev–Trinajstić information content (AvgIpc) is 2.11. The smallest absolute Gasteiger partial charge is 0.240 e. The molecule has 0 spiro atoms. The lowest BCUT2D eigenvalue weighted by Crippen LogP contribution is -1.89. The predicted octanol–water partition coefficient (Wildman–Crippen LogP) is 2.79. The summed E-state index contributed by atoms with van der Waals surface area (Å²) in [6, 6.07) is 3.34. The Balaban J connectivity index is 3.38. The first-order valence-corrected chi connectivity index (χ1v) is 4.47. The SMILES string of the molecule is Cc1cc(N=C=O)c(C(C)C)cc1O. The van der Waals surface area contributed by atoms with Crippen molar-refractivity contribution in [2.24, 2.45) is 4.99 Å². The highest BCUT2D eigenvalue weighted by Gasteiger charge is 2.09. The van der Waals surface area contributed by atoms with E-state index in [2.05, 4.69) is 4.99 Å². The van der Waals surface area contributed by atoms with Gasteiger partial charge in [-0.05, 0) is 36.1 Å². The van der Waals surface area contributed by atoms with Crippen LogP contribution in [0.2, 0.25) is 0 Å². The third-order valence-corrected chi connectivity index (χ3v) is 2.13. The topological polar surface area (TPSA) is 49.7 Å². The van der Waals surface area contributed by atoms with Gasteiger partial charge in [-0.15, -0.1) is 0 Å². The molecule has 14 heavy (non-hydrogen) atoms. The molecule has 0 atom stereocenters. The highest BCUT2D eigenvalue weighted by molar-refractivity contribution is 5.59. The Morgan fingerprint density at radius 2 is 2.07 bits per heavy atom. The monoisotopic (exact) mass is 191 g/mol. The van der Waals surface area contributed by atoms with Gasteiger partial charge < -0.3 is 5.11 Å². The molecule has 1 N–H and O–H groups in total. The third-order valence-electron chi connectivity index (χ3n) is 2.13. The molecule has 1 rings (SSSR count). The number of phenols is 1. The Morgan fingerprint density at radius 1 is 1.43 bits per heavy atom. The van der Waals surface area contributed by atoms with Crippen molar-refractivity contribution in [3.05, 3.63) is 23.3 Å². The maximum Gasteiger partial charge on any atom is 0.240 e. The third kappa shape index (κ3) is 2.01. The summed E-state index contributed by atoms with van der Waals surface area (Å²) in [5.41, 5.74) is 2.16. The lowest BCUT2D eigenvalue weighted by atomic mass is 9.99.